The average Bonchev–Trinajstić information content (AvgIpc) is 1.67. The number of aliphatic imine (C=N–C) groups is 3. The first kappa shape index (κ1) is 82.9. The summed E-state index contributed by atoms with van der Waals surface area (Å²) in [5.41, 5.74) is 3.11. The van der Waals surface area contributed by atoms with Crippen molar-refractivity contribution in [3.05, 3.63) is 187 Å². The maximum absolute atomic E-state index is 14.5. The van der Waals surface area contributed by atoms with Crippen LogP contribution in [0.3, 0.4) is 0 Å². The van der Waals surface area contributed by atoms with E-state index in [-0.39, 0.29) is 81.7 Å². The van der Waals surface area contributed by atoms with Crippen LogP contribution in [0.4, 0.5) is 13.2 Å². The minimum absolute atomic E-state index is 0.0153. The molecule has 6 N–H and O–H groups in total. The normalized spacial score (nSPS) is 22.5. The summed E-state index contributed by atoms with van der Waals surface area (Å²) in [6.45, 7) is 11.4. The Morgan fingerprint density at radius 2 is 0.908 bits per heavy atom. The smallest absolute Gasteiger partial charge is 0.338 e. The Bertz CT molecular complexity index is 4480. The van der Waals surface area contributed by atoms with E-state index in [4.69, 9.17) is 78.2 Å². The lowest BCUT2D eigenvalue weighted by Gasteiger charge is -2.42. The van der Waals surface area contributed by atoms with E-state index in [1.807, 2.05) is 13.8 Å². The number of carboxylic acids is 3. The third kappa shape index (κ3) is 20.3. The van der Waals surface area contributed by atoms with E-state index < -0.39 is 83.2 Å². The van der Waals surface area contributed by atoms with E-state index in [0.717, 1.165) is 0 Å². The number of aromatic nitrogens is 3. The molecule has 3 fully saturated rings. The molecule has 27 nitrogen and oxygen atoms in total. The number of methoxy groups -OCH3 is 3. The molecule has 36 heteroatoms. The number of esters is 3. The molecule has 6 aliphatic heterocycles. The van der Waals surface area contributed by atoms with Crippen LogP contribution in [0.5, 0.6) is 0 Å². The van der Waals surface area contributed by atoms with Gasteiger partial charge in [0.05, 0.1) is 103 Å². The first-order valence-corrected chi connectivity index (χ1v) is 38.3. The highest BCUT2D eigenvalue weighted by Gasteiger charge is 2.42. The number of aliphatic carboxylic acids is 3. The lowest BCUT2D eigenvalue weighted by Crippen LogP contribution is -2.53. The molecule has 0 saturated carbocycles. The number of halogens is 6. The molecule has 582 valence electrons. The Hall–Kier alpha value is -8.58. The van der Waals surface area contributed by atoms with Crippen LogP contribution in [0.15, 0.2) is 138 Å². The number of thiazole rings is 3. The number of nitrogens with zero attached hydrogens (tertiary/aromatic N) is 9. The fraction of sp³-hybridized carbons (Fsp3) is 0.425. The summed E-state index contributed by atoms with van der Waals surface area (Å²) in [4.78, 5) is 107. The summed E-state index contributed by atoms with van der Waals surface area (Å²) >= 11 is 23.1. The van der Waals surface area contributed by atoms with Crippen LogP contribution < -0.4 is 16.0 Å². The number of benzene rings is 3. The quantitative estimate of drug-likeness (QED) is 0.0242. The Morgan fingerprint density at radius 1 is 0.541 bits per heavy atom. The maximum Gasteiger partial charge on any atom is 0.338 e. The molecule has 3 saturated heterocycles. The molecule has 9 heterocycles. The summed E-state index contributed by atoms with van der Waals surface area (Å²) in [6.07, 6.45) is 5.33. The highest BCUT2D eigenvalue weighted by molar-refractivity contribution is 7.12. The average molecular weight is 1630 g/mol. The molecule has 6 aromatic rings. The van der Waals surface area contributed by atoms with Gasteiger partial charge >= 0.3 is 35.8 Å². The van der Waals surface area contributed by atoms with Crippen LogP contribution in [0.2, 0.25) is 15.1 Å². The minimum Gasteiger partial charge on any atom is -0.481 e. The van der Waals surface area contributed by atoms with Gasteiger partial charge in [0, 0.05) is 133 Å². The number of nitrogens with one attached hydrogen (secondary N) is 3. The molecule has 3 aromatic heterocycles. The van der Waals surface area contributed by atoms with Crippen molar-refractivity contribution in [3.8, 4) is 0 Å². The summed E-state index contributed by atoms with van der Waals surface area (Å²) in [6, 6.07) is 9.93. The van der Waals surface area contributed by atoms with Crippen LogP contribution in [0.1, 0.15) is 103 Å². The zero-order valence-electron chi connectivity index (χ0n) is 60.1. The highest BCUT2D eigenvalue weighted by Crippen LogP contribution is 2.42. The Balaban J connectivity index is 0.000000174. The topological polar surface area (TPSA) is 340 Å². The van der Waals surface area contributed by atoms with E-state index in [0.29, 0.717) is 138 Å². The summed E-state index contributed by atoms with van der Waals surface area (Å²) in [7, 11) is 3.81. The van der Waals surface area contributed by atoms with Gasteiger partial charge in [-0.3, -0.25) is 44.1 Å². The summed E-state index contributed by atoms with van der Waals surface area (Å²) in [5, 5.41) is 44.5. The number of hydrogen-bond acceptors (Lipinski definition) is 27. The highest BCUT2D eigenvalue weighted by atomic mass is 35.5. The number of hydrogen-bond donors (Lipinski definition) is 6. The second-order valence-electron chi connectivity index (χ2n) is 25.9. The van der Waals surface area contributed by atoms with Crippen molar-refractivity contribution in [2.24, 2.45) is 26.8 Å². The molecule has 0 radical (unpaired) electrons. The minimum atomic E-state index is -0.944. The van der Waals surface area contributed by atoms with Crippen LogP contribution in [-0.4, -0.2) is 216 Å². The lowest BCUT2D eigenvalue weighted by molar-refractivity contribution is -0.144. The Labute approximate surface area is 652 Å². The van der Waals surface area contributed by atoms with Gasteiger partial charge in [-0.25, -0.2) is 42.5 Å². The number of carbonyl (C=O) groups excluding carboxylic acids is 3. The zero-order valence-corrected chi connectivity index (χ0v) is 64.8. The molecule has 109 heavy (non-hydrogen) atoms. The van der Waals surface area contributed by atoms with E-state index in [1.54, 1.807) is 66.8 Å². The number of carboxylic acid groups (broad SMARTS) is 3. The zero-order chi connectivity index (χ0) is 78.3. The van der Waals surface area contributed by atoms with Gasteiger partial charge in [-0.15, -0.1) is 34.0 Å². The van der Waals surface area contributed by atoms with E-state index >= 15 is 0 Å². The molecule has 0 amide bonds. The number of rotatable bonds is 24. The molecule has 6 aliphatic rings. The number of carbonyl (C=O) groups is 6. The Morgan fingerprint density at radius 3 is 1.28 bits per heavy atom. The number of ether oxygens (including phenoxy) is 6. The van der Waals surface area contributed by atoms with Gasteiger partial charge in [0.1, 0.15) is 35.6 Å². The first-order chi connectivity index (χ1) is 52.3. The van der Waals surface area contributed by atoms with Crippen LogP contribution >= 0.6 is 68.8 Å². The predicted molar refractivity (Wildman–Crippen MR) is 402 cm³/mol. The van der Waals surface area contributed by atoms with Crippen molar-refractivity contribution in [1.29, 1.82) is 0 Å². The van der Waals surface area contributed by atoms with Crippen LogP contribution in [0, 0.1) is 29.3 Å². The summed E-state index contributed by atoms with van der Waals surface area (Å²) < 4.78 is 76.0. The number of morpholine rings is 3. The molecule has 0 spiro atoms. The fourth-order valence-corrected chi connectivity index (χ4v) is 15.8. The van der Waals surface area contributed by atoms with Gasteiger partial charge in [-0.1, -0.05) is 85.0 Å². The SMILES string of the molecule is COC(=O)C1=C(CN2CCO[C@H](C)[C@H]2CC(C)C(=O)O)NC(c2nccs2)=N[C@H]1c1cccc(F)c1Cl.COC(=O)C1=C(CN2CCO[C@H](C)[C@H]2CCC(=O)O)NC(c2nccs2)=N[C@H]1c1cccc(F)c1Cl.COC(=O)C1=C(CN2CCO[C@H](CC(C)C(=O)O)C2)NC(c2nccs2)=N[C@H]1c1cccc(F)c1Cl. The fourth-order valence-electron chi connectivity index (χ4n) is 13.4. The number of amidine groups is 3. The van der Waals surface area contributed by atoms with Gasteiger partial charge in [0.15, 0.2) is 32.5 Å². The molecule has 3 aromatic carbocycles. The van der Waals surface area contributed by atoms with Crippen molar-refractivity contribution >= 4 is 122 Å². The van der Waals surface area contributed by atoms with Crippen molar-refractivity contribution in [3.63, 3.8) is 0 Å². The summed E-state index contributed by atoms with van der Waals surface area (Å²) in [5.74, 6) is -6.27. The van der Waals surface area contributed by atoms with Gasteiger partial charge in [-0.05, 0) is 51.3 Å². The van der Waals surface area contributed by atoms with Gasteiger partial charge < -0.3 is 59.7 Å². The van der Waals surface area contributed by atoms with Crippen LogP contribution in [-0.2, 0) is 57.2 Å². The van der Waals surface area contributed by atoms with E-state index in [9.17, 15) is 57.3 Å². The Kier molecular flexibility index (Phi) is 29.2. The predicted octanol–water partition coefficient (Wildman–Crippen LogP) is 10.3. The van der Waals surface area contributed by atoms with Gasteiger partial charge in [-0.2, -0.15) is 0 Å². The molecular weight excluding hydrogens is 1540 g/mol. The molecule has 12 rings (SSSR count). The maximum atomic E-state index is 14.5. The van der Waals surface area contributed by atoms with Crippen molar-refractivity contribution < 1.29 is 85.7 Å². The van der Waals surface area contributed by atoms with E-state index in [1.165, 1.54) is 91.7 Å². The standard InChI is InChI=1S/C25H28ClFN4O5S.2C24H26ClFN4O5S/c1-13(24(32)33)11-18-14(2)36-9-8-31(18)12-17-19(25(34)35-3)21(15-5-4-6-16(27)20(15)26)30-22(29-17)23-28-7-10-37-23;1-13(23(31)32)10-14-11-30(7-8-35-14)12-17-18(24(33)34-2)20(15-4-3-5-16(26)19(15)25)29-21(28-17)22-27-6-9-36-22;1-13-17(6-7-18(31)32)30(9-10-35-13)12-16-19(24(33)34-2)21(14-4-3-5-15(26)20(14)25)29-22(28-16)23-27-8-11-36-23/h4-7,10,13-14,18,21H,8-9,11-12H2,1-3H3,(H,29,30)(H,32,33);3-6,9,13-14,20H,7-8,10-12H2,1-2H3,(H,28,29)(H,31,32);3-5,8,11,13,17,21H,6-7,9-10,12H2,1-2H3,(H,28,29)(H,31,32)/t13?,14-,18-,21+;13?,14-,20+;13-,17-,21+/m111/s1. The molecule has 0 bridgehead atoms. The monoisotopic (exact) mass is 1620 g/mol. The van der Waals surface area contributed by atoms with Crippen LogP contribution in [0.25, 0.3) is 0 Å². The molecular formula is C73H80Cl3F3N12O15S3. The first-order valence-electron chi connectivity index (χ1n) is 34.5. The van der Waals surface area contributed by atoms with Crippen molar-refractivity contribution in [2.75, 3.05) is 87.0 Å². The molecule has 0 aliphatic carbocycles. The molecule has 10 atom stereocenters. The van der Waals surface area contributed by atoms with Crippen molar-refractivity contribution in [1.82, 2.24) is 45.6 Å². The third-order valence-electron chi connectivity index (χ3n) is 18.9. The third-order valence-corrected chi connectivity index (χ3v) is 22.4. The second kappa shape index (κ2) is 38.4. The molecule has 2 unspecified atom stereocenters. The largest absolute Gasteiger partial charge is 0.481 e. The lowest BCUT2D eigenvalue weighted by atomic mass is 9.93. The second-order valence-corrected chi connectivity index (χ2v) is 29.8. The van der Waals surface area contributed by atoms with Gasteiger partial charge in [0.25, 0.3) is 0 Å². The van der Waals surface area contributed by atoms with Gasteiger partial charge in [0.2, 0.25) is 0 Å². The van der Waals surface area contributed by atoms with Crippen molar-refractivity contribution in [2.45, 2.75) is 102 Å². The van der Waals surface area contributed by atoms with E-state index in [2.05, 4.69) is 45.6 Å².